The molecule has 0 fully saturated rings. The van der Waals surface area contributed by atoms with E-state index >= 15 is 0 Å². The molecule has 0 atom stereocenters. The topological polar surface area (TPSA) is 279 Å². The molecule has 0 unspecified atom stereocenters. The number of hydrogen-bond donors (Lipinski definition) is 0. The van der Waals surface area contributed by atoms with Crippen molar-refractivity contribution in [1.29, 1.82) is 0 Å². The second kappa shape index (κ2) is 86.8. The van der Waals surface area contributed by atoms with Crippen molar-refractivity contribution in [3.05, 3.63) is 407 Å². The van der Waals surface area contributed by atoms with E-state index in [1.54, 1.807) is 86.0 Å². The number of nitrogens with zero attached hydrogens (tertiary/aromatic N) is 12. The van der Waals surface area contributed by atoms with Gasteiger partial charge in [0.2, 0.25) is 0 Å². The van der Waals surface area contributed by atoms with Crippen LogP contribution >= 0.6 is 0 Å². The van der Waals surface area contributed by atoms with Gasteiger partial charge in [-0.1, -0.05) is 374 Å². The minimum Gasteiger partial charge on any atom is -0.700 e. The van der Waals surface area contributed by atoms with Crippen LogP contribution in [0.5, 0.6) is 0 Å². The number of rotatable bonds is 42. The number of quaternary nitrogens is 2. The molecular formula is C110H152Fe6N18-2. The van der Waals surface area contributed by atoms with Gasteiger partial charge >= 0.3 is 68.3 Å². The molecule has 18 nitrogen and oxygen atoms in total. The molecule has 0 aliphatic carbocycles. The van der Waals surface area contributed by atoms with E-state index in [1.165, 1.54) is 164 Å². The summed E-state index contributed by atoms with van der Waals surface area (Å²) in [5.41, 5.74) is 53.4. The van der Waals surface area contributed by atoms with Gasteiger partial charge in [-0.05, 0) is 99.9 Å². The number of nitrogens with one attached hydrogen (secondary N) is 6. The van der Waals surface area contributed by atoms with Gasteiger partial charge in [0.15, 0.2) is 0 Å². The Morgan fingerprint density at radius 1 is 0.201 bits per heavy atom. The van der Waals surface area contributed by atoms with Crippen LogP contribution in [0, 0.1) is 10.8 Å². The van der Waals surface area contributed by atoms with Gasteiger partial charge in [-0.15, -0.1) is 39.3 Å². The Bertz CT molecular complexity index is 3580. The van der Waals surface area contributed by atoms with E-state index in [1.807, 2.05) is 255 Å². The summed E-state index contributed by atoms with van der Waals surface area (Å²) < 4.78 is 2.84. The Labute approximate surface area is 873 Å². The predicted octanol–water partition coefficient (Wildman–Crippen LogP) is 36.0. The van der Waals surface area contributed by atoms with E-state index < -0.39 is 10.8 Å². The molecule has 0 saturated heterocycles. The Hall–Kier alpha value is -9.00. The van der Waals surface area contributed by atoms with Gasteiger partial charge in [0.05, 0.1) is 52.4 Å². The van der Waals surface area contributed by atoms with E-state index in [-0.39, 0.29) is 102 Å². The van der Waals surface area contributed by atoms with E-state index in [0.29, 0.717) is 108 Å². The molecule has 134 heavy (non-hydrogen) atoms. The van der Waals surface area contributed by atoms with Crippen LogP contribution in [-0.4, -0.2) is 121 Å². The monoisotopic (exact) mass is 2060 g/mol. The van der Waals surface area contributed by atoms with Crippen molar-refractivity contribution in [2.45, 2.75) is 172 Å². The molecule has 12 rings (SSSR count). The number of aromatic nitrogens is 4. The van der Waals surface area contributed by atoms with Crippen LogP contribution in [0.2, 0.25) is 0 Å². The summed E-state index contributed by atoms with van der Waals surface area (Å²) >= 11 is 0. The largest absolute Gasteiger partial charge is 2.00 e. The quantitative estimate of drug-likeness (QED) is 0.0266. The Kier molecular flexibility index (Phi) is 85.0. The number of unbranched alkanes of at least 4 members (excludes halogenated alkanes) is 8. The van der Waals surface area contributed by atoms with Crippen LogP contribution in [0.4, 0.5) is 68.2 Å². The Morgan fingerprint density at radius 3 is 0.418 bits per heavy atom. The van der Waals surface area contributed by atoms with Crippen molar-refractivity contribution in [1.82, 2.24) is 19.9 Å². The van der Waals surface area contributed by atoms with Crippen LogP contribution in [0.1, 0.15) is 172 Å². The van der Waals surface area contributed by atoms with Crippen LogP contribution < -0.4 is 0 Å². The molecule has 0 aliphatic rings. The summed E-state index contributed by atoms with van der Waals surface area (Å²) in [4.78, 5) is 15.1. The molecule has 0 aliphatic heterocycles. The minimum atomic E-state index is -0.410. The Balaban J connectivity index is -0.000000744. The standard InChI is InChI=1S/2C23H24N6.2C16H36N.2C6H6.4C5H5N.6Fe/c2*1-23(14-27-20-11-5-2-8-17(20)24,15-28-21-12-6-3-9-18(21)25)16-29-22-13-7-4-10-19(22)26;2*1-5-9-13-17(14-10-6-2,15-11-7-3)16-12-8-4;6*1-2-4-6-5-3-1;;;;;;/h2*2-13,24-26H,14-16H2,1H3;2*5-16H2,1-4H3;2*1-6H;4*1-5H;;;;;;/q2*-6;2*+1;;;;;;;;;4*+2. The first-order valence-electron chi connectivity index (χ1n) is 46.4. The van der Waals surface area contributed by atoms with Crippen molar-refractivity contribution in [3.8, 4) is 0 Å². The normalized spacial score (nSPS) is 9.99. The number of benzene rings is 8. The third-order valence-corrected chi connectivity index (χ3v) is 20.7. The summed E-state index contributed by atoms with van der Waals surface area (Å²) in [6.45, 7) is 36.8. The first-order valence-corrected chi connectivity index (χ1v) is 46.4. The molecule has 0 amide bonds. The van der Waals surface area contributed by atoms with Gasteiger partial charge < -0.3 is 75.3 Å². The van der Waals surface area contributed by atoms with Gasteiger partial charge in [0.1, 0.15) is 0 Å². The maximum Gasteiger partial charge on any atom is 2.00 e. The van der Waals surface area contributed by atoms with Gasteiger partial charge in [-0.3, -0.25) is 19.9 Å². The maximum absolute atomic E-state index is 8.02. The zero-order valence-electron chi connectivity index (χ0n) is 81.0. The zero-order chi connectivity index (χ0) is 92.8. The second-order valence-corrected chi connectivity index (χ2v) is 32.3. The predicted molar refractivity (Wildman–Crippen MR) is 555 cm³/mol. The number of hydrogen-bond acceptors (Lipinski definition) is 4. The van der Waals surface area contributed by atoms with Crippen LogP contribution in [-0.2, 0) is 102 Å². The molecule has 12 aromatic rings. The third-order valence-electron chi connectivity index (χ3n) is 20.7. The van der Waals surface area contributed by atoms with Crippen molar-refractivity contribution >= 4 is 68.2 Å². The summed E-state index contributed by atoms with van der Waals surface area (Å²) in [6.07, 6.45) is 36.1. The molecule has 0 spiro atoms. The Morgan fingerprint density at radius 2 is 0.321 bits per heavy atom. The first kappa shape index (κ1) is 131. The molecule has 4 heterocycles. The second-order valence-electron chi connectivity index (χ2n) is 32.3. The molecule has 732 valence electrons. The third kappa shape index (κ3) is 64.1. The smallest absolute Gasteiger partial charge is 0.700 e. The fraction of sp³-hybridized carbons (Fsp3) is 0.382. The zero-order valence-corrected chi connectivity index (χ0v) is 87.7. The summed E-state index contributed by atoms with van der Waals surface area (Å²) in [5.74, 6) is 0. The van der Waals surface area contributed by atoms with E-state index in [0.717, 1.165) is 0 Å². The van der Waals surface area contributed by atoms with Crippen molar-refractivity contribution < 1.29 is 111 Å². The van der Waals surface area contributed by atoms with Crippen molar-refractivity contribution in [2.24, 2.45) is 10.8 Å². The molecule has 0 radical (unpaired) electrons. The summed E-state index contributed by atoms with van der Waals surface area (Å²) in [6, 6.07) is 90.3. The van der Waals surface area contributed by atoms with Gasteiger partial charge in [0, 0.05) is 83.7 Å². The van der Waals surface area contributed by atoms with Crippen LogP contribution in [0.15, 0.2) is 341 Å². The van der Waals surface area contributed by atoms with Gasteiger partial charge in [-0.25, -0.2) is 0 Å². The number of pyridine rings is 4. The fourth-order valence-corrected chi connectivity index (χ4v) is 12.9. The molecule has 0 bridgehead atoms. The average Bonchev–Trinajstić information content (AvgIpc) is 0.848. The SMILES string of the molecule is CC(C[N-]c1ccccc1[NH-])(C[N-]c1ccccc1[NH-])C[N-]c1ccccc1[NH-].CC(C[N-]c1ccccc1[NH-])(C[N-]c1ccccc1[NH-])C[N-]c1ccccc1[NH-].CCCC[N+](CCCC)(CCCC)CCCC.CCCC[N+](CCCC)(CCCC)CCCC.[Fe+2].[Fe+2].[Fe+2].[Fe+2].[Fe].[Fe].c1ccccc1.c1ccccc1.c1ccncc1.c1ccncc1.c1ccncc1.c1ccncc1. The van der Waals surface area contributed by atoms with Crippen LogP contribution in [0.3, 0.4) is 0 Å². The van der Waals surface area contributed by atoms with Crippen molar-refractivity contribution in [2.75, 3.05) is 91.6 Å². The number of para-hydroxylation sites is 6. The van der Waals surface area contributed by atoms with Crippen LogP contribution in [0.25, 0.3) is 66.3 Å². The molecule has 24 heteroatoms. The summed E-state index contributed by atoms with van der Waals surface area (Å²) in [5, 5.41) is 27.9. The molecule has 8 aromatic carbocycles. The van der Waals surface area contributed by atoms with Crippen molar-refractivity contribution in [3.63, 3.8) is 0 Å². The fourth-order valence-electron chi connectivity index (χ4n) is 12.9. The van der Waals surface area contributed by atoms with E-state index in [9.17, 15) is 0 Å². The average molecular weight is 2060 g/mol. The molecule has 4 aromatic heterocycles. The molecule has 6 N–H and O–H groups in total. The van der Waals surface area contributed by atoms with Gasteiger partial charge in [-0.2, -0.15) is 68.2 Å². The van der Waals surface area contributed by atoms with E-state index in [4.69, 9.17) is 34.4 Å². The van der Waals surface area contributed by atoms with Gasteiger partial charge in [0.25, 0.3) is 0 Å². The minimum absolute atomic E-state index is 0. The molecule has 0 saturated carbocycles. The molecular weight excluding hydrogens is 1910 g/mol. The maximum atomic E-state index is 8.02. The van der Waals surface area contributed by atoms with E-state index in [2.05, 4.69) is 121 Å². The first-order chi connectivity index (χ1) is 62.4. The summed E-state index contributed by atoms with van der Waals surface area (Å²) in [7, 11) is 0.